The molecule has 4 aliphatic rings. The smallest absolute Gasteiger partial charge is 0.264 e. The number of nitrogens with zero attached hydrogens (tertiary/aromatic N) is 1. The predicted octanol–water partition coefficient (Wildman–Crippen LogP) is 4.49. The highest BCUT2D eigenvalue weighted by Crippen LogP contribution is 2.34. The molecule has 1 aromatic heterocycles. The van der Waals surface area contributed by atoms with Crippen LogP contribution in [0.5, 0.6) is 5.75 Å². The SMILES string of the molecule is Cc1ccc(OC2CNC2)cc1C(=O)N[C@H](C)c1cccc(-c2ccc(CN[C@H]3CC[C@@H](C(=O)NCCOCCOCCNc4cccc5c4C(=O)N(C4CCC(=O)NC4=O)C5=O)C3)s2)c1. The van der Waals surface area contributed by atoms with Crippen LogP contribution in [-0.4, -0.2) is 111 Å². The molecular formula is C49H57N7O9S. The predicted molar refractivity (Wildman–Crippen MR) is 248 cm³/mol. The van der Waals surface area contributed by atoms with Crippen molar-refractivity contribution in [1.29, 1.82) is 0 Å². The van der Waals surface area contributed by atoms with Gasteiger partial charge in [-0.25, -0.2) is 0 Å². The van der Waals surface area contributed by atoms with Gasteiger partial charge in [0.15, 0.2) is 0 Å². The average Bonchev–Trinajstić information content (AvgIpc) is 4.04. The summed E-state index contributed by atoms with van der Waals surface area (Å²) < 4.78 is 17.3. The van der Waals surface area contributed by atoms with Gasteiger partial charge in [0, 0.05) is 72.1 Å². The normalized spacial score (nSPS) is 19.8. The molecule has 0 bridgehead atoms. The van der Waals surface area contributed by atoms with Crippen LogP contribution in [0.25, 0.3) is 10.4 Å². The number of carbonyl (C=O) groups excluding carboxylic acids is 6. The second-order valence-electron chi connectivity index (χ2n) is 17.2. The van der Waals surface area contributed by atoms with Gasteiger partial charge in [-0.3, -0.25) is 39.0 Å². The number of amides is 6. The van der Waals surface area contributed by atoms with Crippen LogP contribution in [0.15, 0.2) is 72.8 Å². The summed E-state index contributed by atoms with van der Waals surface area (Å²) in [6, 6.07) is 22.2. The second kappa shape index (κ2) is 21.5. The summed E-state index contributed by atoms with van der Waals surface area (Å²) in [5.74, 6) is -1.63. The number of carbonyl (C=O) groups is 6. The molecule has 16 nitrogen and oxygen atoms in total. The molecular weight excluding hydrogens is 863 g/mol. The number of piperidine rings is 1. The van der Waals surface area contributed by atoms with Crippen molar-refractivity contribution < 1.29 is 43.0 Å². The maximum absolute atomic E-state index is 13.3. The van der Waals surface area contributed by atoms with Gasteiger partial charge in [-0.2, -0.15) is 0 Å². The molecule has 1 unspecified atom stereocenters. The number of ether oxygens (including phenoxy) is 3. The number of nitrogens with one attached hydrogen (secondary N) is 6. The average molecular weight is 920 g/mol. The lowest BCUT2D eigenvalue weighted by Gasteiger charge is -2.28. The Hall–Kier alpha value is -5.98. The van der Waals surface area contributed by atoms with Gasteiger partial charge in [-0.05, 0) is 98.7 Å². The van der Waals surface area contributed by atoms with Crippen molar-refractivity contribution in [3.05, 3.63) is 105 Å². The number of aryl methyl sites for hydroxylation is 1. The first kappa shape index (κ1) is 46.5. The lowest BCUT2D eigenvalue weighted by Crippen LogP contribution is -2.54. The van der Waals surface area contributed by atoms with Gasteiger partial charge in [0.25, 0.3) is 17.7 Å². The van der Waals surface area contributed by atoms with E-state index >= 15 is 0 Å². The minimum absolute atomic E-state index is 0.0427. The van der Waals surface area contributed by atoms with Crippen LogP contribution in [-0.2, 0) is 30.4 Å². The molecule has 2 saturated heterocycles. The number of hydrogen-bond donors (Lipinski definition) is 6. The summed E-state index contributed by atoms with van der Waals surface area (Å²) in [5, 5.41) is 18.4. The lowest BCUT2D eigenvalue weighted by molar-refractivity contribution is -0.136. The quantitative estimate of drug-likeness (QED) is 0.0506. The number of fused-ring (bicyclic) bond motifs is 1. The molecule has 0 spiro atoms. The summed E-state index contributed by atoms with van der Waals surface area (Å²) >= 11 is 1.74. The molecule has 4 atom stereocenters. The molecule has 0 radical (unpaired) electrons. The van der Waals surface area contributed by atoms with Crippen LogP contribution < -0.4 is 36.6 Å². The van der Waals surface area contributed by atoms with Crippen molar-refractivity contribution in [2.75, 3.05) is 57.9 Å². The lowest BCUT2D eigenvalue weighted by atomic mass is 10.0. The Morgan fingerprint density at radius 1 is 0.879 bits per heavy atom. The molecule has 4 heterocycles. The fraction of sp³-hybridized carbons (Fsp3) is 0.429. The molecule has 8 rings (SSSR count). The van der Waals surface area contributed by atoms with Crippen molar-refractivity contribution in [3.8, 4) is 16.2 Å². The monoisotopic (exact) mass is 919 g/mol. The van der Waals surface area contributed by atoms with Crippen LogP contribution in [0.1, 0.15) is 92.1 Å². The molecule has 3 aromatic carbocycles. The Labute approximate surface area is 387 Å². The summed E-state index contributed by atoms with van der Waals surface area (Å²) in [6.45, 7) is 8.41. The third kappa shape index (κ3) is 11.2. The highest BCUT2D eigenvalue weighted by atomic mass is 32.1. The highest BCUT2D eigenvalue weighted by Gasteiger charge is 2.45. The van der Waals surface area contributed by atoms with Crippen LogP contribution >= 0.6 is 11.3 Å². The van der Waals surface area contributed by atoms with E-state index in [1.165, 1.54) is 4.88 Å². The maximum Gasteiger partial charge on any atom is 0.264 e. The zero-order valence-electron chi connectivity index (χ0n) is 37.2. The molecule has 17 heteroatoms. The van der Waals surface area contributed by atoms with E-state index in [2.05, 4.69) is 56.2 Å². The second-order valence-corrected chi connectivity index (χ2v) is 18.3. The van der Waals surface area contributed by atoms with Gasteiger partial charge in [0.1, 0.15) is 17.9 Å². The molecule has 66 heavy (non-hydrogen) atoms. The molecule has 3 aliphatic heterocycles. The van der Waals surface area contributed by atoms with Crippen LogP contribution in [0.2, 0.25) is 0 Å². The minimum atomic E-state index is -1.02. The number of imide groups is 2. The van der Waals surface area contributed by atoms with Gasteiger partial charge < -0.3 is 40.8 Å². The zero-order chi connectivity index (χ0) is 46.2. The van der Waals surface area contributed by atoms with E-state index in [4.69, 9.17) is 14.2 Å². The zero-order valence-corrected chi connectivity index (χ0v) is 38.1. The van der Waals surface area contributed by atoms with Gasteiger partial charge in [-0.15, -0.1) is 11.3 Å². The van der Waals surface area contributed by atoms with E-state index in [-0.39, 0.29) is 59.9 Å². The first-order valence-corrected chi connectivity index (χ1v) is 23.6. The Bertz CT molecular complexity index is 2450. The van der Waals surface area contributed by atoms with Crippen molar-refractivity contribution in [2.24, 2.45) is 5.92 Å². The van der Waals surface area contributed by atoms with Crippen molar-refractivity contribution in [3.63, 3.8) is 0 Å². The summed E-state index contributed by atoms with van der Waals surface area (Å²) in [6.07, 6.45) is 2.83. The molecule has 6 amide bonds. The summed E-state index contributed by atoms with van der Waals surface area (Å²) in [5.41, 5.74) is 4.51. The fourth-order valence-corrected chi connectivity index (χ4v) is 9.64. The summed E-state index contributed by atoms with van der Waals surface area (Å²) in [7, 11) is 0. The standard InChI is InChI=1S/C49H57N7O9S/c1-29-9-12-35(65-36-26-50-27-36)25-39(29)46(59)54-30(2)31-5-3-6-32(23-31)42-15-13-37(66-42)28-53-34-11-10-33(24-34)45(58)52-18-20-64-22-21-63-19-17-51-40-8-4-7-38-44(40)49(62)56(48(38)61)41-14-16-43(57)55-47(41)60/h3-9,12-13,15,23,25,30,33-34,36,41,50-51,53H,10-11,14,16-22,24,26-28H2,1-2H3,(H,52,58)(H,54,59)(H,55,57,60)/t30-,33-,34+,41?/m1/s1. The van der Waals surface area contributed by atoms with Crippen LogP contribution in [0, 0.1) is 12.8 Å². The summed E-state index contributed by atoms with van der Waals surface area (Å²) in [4.78, 5) is 79.9. The number of rotatable bonds is 21. The number of anilines is 1. The van der Waals surface area contributed by atoms with E-state index in [9.17, 15) is 28.8 Å². The van der Waals surface area contributed by atoms with Crippen molar-refractivity contribution in [1.82, 2.24) is 31.5 Å². The van der Waals surface area contributed by atoms with Crippen molar-refractivity contribution >= 4 is 52.5 Å². The first-order chi connectivity index (χ1) is 32.0. The molecule has 1 saturated carbocycles. The topological polar surface area (TPSA) is 206 Å². The van der Waals surface area contributed by atoms with Gasteiger partial charge in [-0.1, -0.05) is 30.3 Å². The van der Waals surface area contributed by atoms with E-state index in [1.807, 2.05) is 44.2 Å². The number of benzene rings is 3. The van der Waals surface area contributed by atoms with Gasteiger partial charge in [0.05, 0.1) is 43.6 Å². The van der Waals surface area contributed by atoms with E-state index in [0.717, 1.165) is 65.4 Å². The molecule has 6 N–H and O–H groups in total. The maximum atomic E-state index is 13.3. The number of thiophene rings is 1. The Balaban J connectivity index is 0.688. The largest absolute Gasteiger partial charge is 0.488 e. The Morgan fingerprint density at radius 3 is 2.47 bits per heavy atom. The van der Waals surface area contributed by atoms with Gasteiger partial charge >= 0.3 is 0 Å². The van der Waals surface area contributed by atoms with E-state index in [1.54, 1.807) is 29.5 Å². The van der Waals surface area contributed by atoms with Crippen LogP contribution in [0.3, 0.4) is 0 Å². The number of hydrogen-bond acceptors (Lipinski definition) is 13. The molecule has 3 fully saturated rings. The van der Waals surface area contributed by atoms with E-state index < -0.39 is 29.7 Å². The highest BCUT2D eigenvalue weighted by molar-refractivity contribution is 7.15. The van der Waals surface area contributed by atoms with E-state index in [0.29, 0.717) is 56.5 Å². The Kier molecular flexibility index (Phi) is 15.2. The van der Waals surface area contributed by atoms with Crippen molar-refractivity contribution in [2.45, 2.75) is 76.7 Å². The van der Waals surface area contributed by atoms with Gasteiger partial charge in [0.2, 0.25) is 17.7 Å². The third-order valence-electron chi connectivity index (χ3n) is 12.5. The molecule has 1 aliphatic carbocycles. The third-order valence-corrected chi connectivity index (χ3v) is 13.6. The first-order valence-electron chi connectivity index (χ1n) is 22.8. The minimum Gasteiger partial charge on any atom is -0.488 e. The molecule has 4 aromatic rings. The Morgan fingerprint density at radius 2 is 1.68 bits per heavy atom. The molecule has 348 valence electrons. The fourth-order valence-electron chi connectivity index (χ4n) is 8.69. The van der Waals surface area contributed by atoms with Crippen LogP contribution in [0.4, 0.5) is 5.69 Å².